The van der Waals surface area contributed by atoms with Crippen LogP contribution in [0, 0.1) is 13.8 Å². The second-order valence-electron chi connectivity index (χ2n) is 4.66. The number of aromatic nitrogens is 1. The highest BCUT2D eigenvalue weighted by Gasteiger charge is 2.07. The predicted octanol–water partition coefficient (Wildman–Crippen LogP) is 3.17. The summed E-state index contributed by atoms with van der Waals surface area (Å²) in [5.41, 5.74) is 8.14. The number of aryl methyl sites for hydroxylation is 2. The largest absolute Gasteiger partial charge is 0.478 e. The second-order valence-corrected chi connectivity index (χ2v) is 4.66. The van der Waals surface area contributed by atoms with E-state index in [9.17, 15) is 4.79 Å². The third kappa shape index (κ3) is 2.88. The molecule has 1 heterocycles. The van der Waals surface area contributed by atoms with Gasteiger partial charge in [-0.3, -0.25) is 5.43 Å². The molecule has 0 aliphatic heterocycles. The van der Waals surface area contributed by atoms with E-state index in [0.717, 1.165) is 28.2 Å². The van der Waals surface area contributed by atoms with Crippen LogP contribution in [0.15, 0.2) is 35.6 Å². The Hall–Kier alpha value is -2.56. The number of benzene rings is 1. The van der Waals surface area contributed by atoms with Crippen LogP contribution in [0.4, 0.5) is 5.69 Å². The van der Waals surface area contributed by atoms with Crippen LogP contribution >= 0.6 is 0 Å². The van der Waals surface area contributed by atoms with E-state index >= 15 is 0 Å². The van der Waals surface area contributed by atoms with Gasteiger partial charge in [0, 0.05) is 17.5 Å². The molecule has 1 aromatic heterocycles. The molecule has 0 aliphatic rings. The molecule has 0 aliphatic carbocycles. The molecule has 5 heteroatoms. The molecule has 0 saturated carbocycles. The highest BCUT2D eigenvalue weighted by atomic mass is 16.4. The number of aromatic amines is 1. The summed E-state index contributed by atoms with van der Waals surface area (Å²) in [4.78, 5) is 13.9. The fourth-order valence-corrected chi connectivity index (χ4v) is 2.10. The van der Waals surface area contributed by atoms with Crippen molar-refractivity contribution in [2.24, 2.45) is 5.10 Å². The van der Waals surface area contributed by atoms with Crippen LogP contribution in [0.3, 0.4) is 0 Å². The number of nitrogens with one attached hydrogen (secondary N) is 2. The van der Waals surface area contributed by atoms with Gasteiger partial charge < -0.3 is 10.1 Å². The fraction of sp³-hybridized carbons (Fsp3) is 0.200. The number of carbonyl (C=O) groups is 1. The maximum absolute atomic E-state index is 10.8. The minimum absolute atomic E-state index is 0.258. The lowest BCUT2D eigenvalue weighted by atomic mass is 10.1. The van der Waals surface area contributed by atoms with E-state index in [4.69, 9.17) is 5.11 Å². The summed E-state index contributed by atoms with van der Waals surface area (Å²) in [5.74, 6) is -0.935. The van der Waals surface area contributed by atoms with E-state index < -0.39 is 5.97 Å². The number of H-pyrrole nitrogens is 1. The van der Waals surface area contributed by atoms with Gasteiger partial charge in [-0.05, 0) is 50.6 Å². The van der Waals surface area contributed by atoms with E-state index in [1.54, 1.807) is 24.3 Å². The number of carboxylic acids is 1. The number of carboxylic acid groups (broad SMARTS) is 1. The standard InChI is InChI=1S/C15H17N3O2/c1-9-8-16-10(2)14(9)11(3)17-18-13-6-4-12(5-7-13)15(19)20/h4-8,16,18H,1-3H3,(H,19,20)/b17-11+. The number of aromatic carboxylic acids is 1. The fourth-order valence-electron chi connectivity index (χ4n) is 2.10. The van der Waals surface area contributed by atoms with Gasteiger partial charge in [0.15, 0.2) is 0 Å². The molecular weight excluding hydrogens is 254 g/mol. The Bertz CT molecular complexity index is 635. The van der Waals surface area contributed by atoms with E-state index in [1.165, 1.54) is 0 Å². The first kappa shape index (κ1) is 13.9. The summed E-state index contributed by atoms with van der Waals surface area (Å²) in [6, 6.07) is 6.47. The second kappa shape index (κ2) is 5.61. The van der Waals surface area contributed by atoms with Gasteiger partial charge in [-0.2, -0.15) is 5.10 Å². The molecule has 2 aromatic rings. The topological polar surface area (TPSA) is 77.5 Å². The summed E-state index contributed by atoms with van der Waals surface area (Å²) in [6.07, 6.45) is 1.95. The Kier molecular flexibility index (Phi) is 3.89. The van der Waals surface area contributed by atoms with Crippen LogP contribution in [0.25, 0.3) is 0 Å². The molecule has 0 radical (unpaired) electrons. The average Bonchev–Trinajstić information content (AvgIpc) is 2.76. The summed E-state index contributed by atoms with van der Waals surface area (Å²) in [5, 5.41) is 13.2. The first-order chi connectivity index (χ1) is 9.49. The van der Waals surface area contributed by atoms with Crippen molar-refractivity contribution in [3.05, 3.63) is 52.8 Å². The number of hydrogen-bond acceptors (Lipinski definition) is 3. The zero-order valence-corrected chi connectivity index (χ0v) is 11.7. The van der Waals surface area contributed by atoms with E-state index in [1.807, 2.05) is 27.0 Å². The van der Waals surface area contributed by atoms with Crippen LogP contribution < -0.4 is 5.43 Å². The van der Waals surface area contributed by atoms with E-state index in [0.29, 0.717) is 0 Å². The number of hydrogen-bond donors (Lipinski definition) is 3. The molecular formula is C15H17N3O2. The number of nitrogens with zero attached hydrogens (tertiary/aromatic N) is 1. The van der Waals surface area contributed by atoms with Crippen LogP contribution in [0.2, 0.25) is 0 Å². The van der Waals surface area contributed by atoms with Crippen molar-refractivity contribution < 1.29 is 9.90 Å². The van der Waals surface area contributed by atoms with Crippen LogP contribution in [0.1, 0.15) is 34.1 Å². The van der Waals surface area contributed by atoms with Crippen molar-refractivity contribution >= 4 is 17.4 Å². The zero-order chi connectivity index (χ0) is 14.7. The minimum Gasteiger partial charge on any atom is -0.478 e. The van der Waals surface area contributed by atoms with Crippen LogP contribution in [0.5, 0.6) is 0 Å². The Morgan fingerprint density at radius 1 is 1.25 bits per heavy atom. The summed E-state index contributed by atoms with van der Waals surface area (Å²) < 4.78 is 0. The van der Waals surface area contributed by atoms with Gasteiger partial charge in [0.05, 0.1) is 17.0 Å². The van der Waals surface area contributed by atoms with Crippen LogP contribution in [-0.4, -0.2) is 21.8 Å². The molecule has 3 N–H and O–H groups in total. The van der Waals surface area contributed by atoms with E-state index in [-0.39, 0.29) is 5.56 Å². The van der Waals surface area contributed by atoms with Crippen molar-refractivity contribution in [2.75, 3.05) is 5.43 Å². The molecule has 1 aromatic carbocycles. The highest BCUT2D eigenvalue weighted by Crippen LogP contribution is 2.14. The maximum Gasteiger partial charge on any atom is 0.335 e. The van der Waals surface area contributed by atoms with Gasteiger partial charge in [0.2, 0.25) is 0 Å². The van der Waals surface area contributed by atoms with Crippen molar-refractivity contribution in [3.63, 3.8) is 0 Å². The molecule has 2 rings (SSSR count). The summed E-state index contributed by atoms with van der Waals surface area (Å²) in [6.45, 7) is 5.96. The van der Waals surface area contributed by atoms with Gasteiger partial charge in [0.1, 0.15) is 0 Å². The smallest absolute Gasteiger partial charge is 0.335 e. The highest BCUT2D eigenvalue weighted by molar-refractivity contribution is 6.01. The summed E-state index contributed by atoms with van der Waals surface area (Å²) in [7, 11) is 0. The Morgan fingerprint density at radius 3 is 2.40 bits per heavy atom. The first-order valence-corrected chi connectivity index (χ1v) is 6.27. The average molecular weight is 271 g/mol. The van der Waals surface area contributed by atoms with Crippen molar-refractivity contribution in [3.8, 4) is 0 Å². The monoisotopic (exact) mass is 271 g/mol. The predicted molar refractivity (Wildman–Crippen MR) is 79.5 cm³/mol. The first-order valence-electron chi connectivity index (χ1n) is 6.27. The lowest BCUT2D eigenvalue weighted by Crippen LogP contribution is -2.02. The normalized spacial score (nSPS) is 11.4. The molecule has 0 amide bonds. The van der Waals surface area contributed by atoms with Crippen LogP contribution in [-0.2, 0) is 0 Å². The lowest BCUT2D eigenvalue weighted by molar-refractivity contribution is 0.0697. The van der Waals surface area contributed by atoms with Gasteiger partial charge in [0.25, 0.3) is 0 Å². The Labute approximate surface area is 117 Å². The van der Waals surface area contributed by atoms with Crippen molar-refractivity contribution in [2.45, 2.75) is 20.8 Å². The van der Waals surface area contributed by atoms with Gasteiger partial charge in [-0.1, -0.05) is 0 Å². The molecule has 5 nitrogen and oxygen atoms in total. The molecule has 20 heavy (non-hydrogen) atoms. The molecule has 0 unspecified atom stereocenters. The molecule has 0 bridgehead atoms. The van der Waals surface area contributed by atoms with Crippen molar-refractivity contribution in [1.82, 2.24) is 4.98 Å². The van der Waals surface area contributed by atoms with Crippen molar-refractivity contribution in [1.29, 1.82) is 0 Å². The molecule has 104 valence electrons. The molecule has 0 spiro atoms. The maximum atomic E-state index is 10.8. The molecule has 0 saturated heterocycles. The Morgan fingerprint density at radius 2 is 1.90 bits per heavy atom. The third-order valence-electron chi connectivity index (χ3n) is 3.12. The lowest BCUT2D eigenvalue weighted by Gasteiger charge is -2.05. The Balaban J connectivity index is 2.14. The van der Waals surface area contributed by atoms with Gasteiger partial charge in [-0.25, -0.2) is 4.79 Å². The number of rotatable bonds is 4. The molecule has 0 atom stereocenters. The minimum atomic E-state index is -0.935. The number of hydrazone groups is 1. The SMILES string of the molecule is C/C(=N\Nc1ccc(C(=O)O)cc1)c1c(C)c[nH]c1C. The third-order valence-corrected chi connectivity index (χ3v) is 3.12. The quantitative estimate of drug-likeness (QED) is 0.590. The number of anilines is 1. The zero-order valence-electron chi connectivity index (χ0n) is 11.7. The van der Waals surface area contributed by atoms with E-state index in [2.05, 4.69) is 15.5 Å². The van der Waals surface area contributed by atoms with Gasteiger partial charge >= 0.3 is 5.97 Å². The van der Waals surface area contributed by atoms with Gasteiger partial charge in [-0.15, -0.1) is 0 Å². The summed E-state index contributed by atoms with van der Waals surface area (Å²) >= 11 is 0. The molecule has 0 fully saturated rings.